The minimum atomic E-state index is -0.833. The summed E-state index contributed by atoms with van der Waals surface area (Å²) in [6.07, 6.45) is 6.42. The van der Waals surface area contributed by atoms with Gasteiger partial charge in [0.15, 0.2) is 0 Å². The number of carboxylic acid groups (broad SMARTS) is 1. The van der Waals surface area contributed by atoms with Gasteiger partial charge in [-0.15, -0.1) is 0 Å². The molecule has 12 heterocycles. The van der Waals surface area contributed by atoms with Gasteiger partial charge in [0, 0.05) is 57.9 Å². The van der Waals surface area contributed by atoms with Crippen LogP contribution in [0.3, 0.4) is 0 Å². The lowest BCUT2D eigenvalue weighted by molar-refractivity contribution is -0.134. The summed E-state index contributed by atoms with van der Waals surface area (Å²) >= 11 is 0. The summed E-state index contributed by atoms with van der Waals surface area (Å²) in [7, 11) is 0. The van der Waals surface area contributed by atoms with Crippen molar-refractivity contribution in [1.82, 2.24) is 77.1 Å². The summed E-state index contributed by atoms with van der Waals surface area (Å²) in [6, 6.07) is 49.8. The first-order chi connectivity index (χ1) is 57.7. The molecule has 16 rings (SSSR count). The number of aromatic nitrogens is 12. The van der Waals surface area contributed by atoms with Gasteiger partial charge in [-0.25, -0.2) is 37.5 Å². The first kappa shape index (κ1) is 83.7. The molecule has 30 nitrogen and oxygen atoms in total. The van der Waals surface area contributed by atoms with E-state index in [1.54, 1.807) is 174 Å². The molecule has 0 atom stereocenters. The number of carboxylic acids is 1. The van der Waals surface area contributed by atoms with Crippen LogP contribution in [0.2, 0.25) is 0 Å². The maximum Gasteiger partial charge on any atom is 0.300 e. The van der Waals surface area contributed by atoms with Gasteiger partial charge in [0.05, 0.1) is 70.0 Å². The van der Waals surface area contributed by atoms with Gasteiger partial charge in [0.2, 0.25) is 0 Å². The van der Waals surface area contributed by atoms with Crippen LogP contribution in [0.4, 0.5) is 17.6 Å². The third kappa shape index (κ3) is 18.2. The molecular weight excluding hydrogens is 1550 g/mol. The smallest absolute Gasteiger partial charge is 0.300 e. The van der Waals surface area contributed by atoms with E-state index < -0.39 is 29.6 Å². The van der Waals surface area contributed by atoms with E-state index in [1.165, 1.54) is 109 Å². The predicted octanol–water partition coefficient (Wildman–Crippen LogP) is 8.35. The van der Waals surface area contributed by atoms with Crippen molar-refractivity contribution in [1.29, 1.82) is 21.6 Å². The fourth-order valence-corrected chi connectivity index (χ4v) is 13.0. The van der Waals surface area contributed by atoms with Crippen molar-refractivity contribution in [2.45, 2.75) is 60.8 Å². The number of aliphatic carboxylic acids is 1. The number of pyridine rings is 8. The van der Waals surface area contributed by atoms with E-state index in [1.807, 2.05) is 0 Å². The average molecular weight is 1630 g/mol. The highest BCUT2D eigenvalue weighted by molar-refractivity contribution is 5.99. The van der Waals surface area contributed by atoms with Crippen LogP contribution in [-0.4, -0.2) is 117 Å². The summed E-state index contributed by atoms with van der Waals surface area (Å²) in [5.74, 6) is -4.06. The lowest BCUT2D eigenvalue weighted by Gasteiger charge is -2.14. The highest BCUT2D eigenvalue weighted by Gasteiger charge is 2.23. The number of carbonyl (C=O) groups excluding carboxylic acids is 4. The normalized spacial score (nSPS) is 10.9. The fourth-order valence-electron chi connectivity index (χ4n) is 13.0. The minimum Gasteiger partial charge on any atom is -0.481 e. The molecule has 0 aliphatic rings. The zero-order valence-corrected chi connectivity index (χ0v) is 64.9. The second kappa shape index (κ2) is 36.8. The molecule has 4 aromatic carbocycles. The zero-order valence-electron chi connectivity index (χ0n) is 64.9. The van der Waals surface area contributed by atoms with Crippen LogP contribution in [0, 0.1) is 44.9 Å². The quantitative estimate of drug-likeness (QED) is 0.0324. The molecule has 608 valence electrons. The number of halogens is 4. The Morgan fingerprint density at radius 2 is 0.508 bits per heavy atom. The van der Waals surface area contributed by atoms with Crippen LogP contribution in [0.5, 0.6) is 0 Å². The van der Waals surface area contributed by atoms with Crippen molar-refractivity contribution in [2.24, 2.45) is 0 Å². The first-order valence-electron chi connectivity index (χ1n) is 37.4. The van der Waals surface area contributed by atoms with Crippen molar-refractivity contribution in [2.75, 3.05) is 26.2 Å². The van der Waals surface area contributed by atoms with Gasteiger partial charge in [-0.05, 0) is 171 Å². The molecule has 0 spiro atoms. The molecule has 0 aliphatic carbocycles. The van der Waals surface area contributed by atoms with Gasteiger partial charge in [-0.3, -0.25) is 82.4 Å². The number of hydrogen-bond acceptors (Lipinski definition) is 17. The van der Waals surface area contributed by atoms with E-state index in [4.69, 9.17) is 31.5 Å². The number of nitrogens with one attached hydrogen (secondary N) is 8. The van der Waals surface area contributed by atoms with Crippen LogP contribution >= 0.6 is 0 Å². The second-order valence-electron chi connectivity index (χ2n) is 26.8. The monoisotopic (exact) mass is 1620 g/mol. The second-order valence-corrected chi connectivity index (χ2v) is 26.8. The molecule has 16 aromatic rings. The van der Waals surface area contributed by atoms with Gasteiger partial charge in [-0.2, -0.15) is 0 Å². The summed E-state index contributed by atoms with van der Waals surface area (Å²) < 4.78 is 64.7. The standard InChI is InChI=1S/4C21H18FN5O2.C2H4O2/c4*1-2-24-20(28)15-11-16-19(25-17-5-3-4-10-26(17)21(16)29)27(18(15)23)12-13-6-8-14(22)9-7-13;1-2(3)4/h4*3-11,23H,2,12H2,1H3,(H,24,28);1H3,(H,3,4). The van der Waals surface area contributed by atoms with E-state index in [-0.39, 0.29) is 137 Å². The summed E-state index contributed by atoms with van der Waals surface area (Å²) in [5, 5.41) is 53.4. The Labute approximate surface area is 675 Å². The van der Waals surface area contributed by atoms with Gasteiger partial charge in [0.1, 0.15) is 90.4 Å². The number of benzene rings is 4. The molecule has 0 saturated heterocycles. The SMILES string of the molecule is CC(=O)O.CCNC(=O)c1cc2c(=O)n3ccccc3nc2n(Cc2ccc(F)cc2)c1=N.CCNC(=O)c1cc2c(=O)n3ccccc3nc2n(Cc2ccc(F)cc2)c1=N.CCNC(=O)c1cc2c(=O)n3ccccc3nc2n(Cc2ccc(F)cc2)c1=N.CCNC(=O)c1cc2c(=O)n3ccccc3nc2n(Cc2ccc(F)cc2)c1=N. The average Bonchev–Trinajstić information content (AvgIpc) is 0.765. The predicted molar refractivity (Wildman–Crippen MR) is 439 cm³/mol. The molecule has 34 heteroatoms. The summed E-state index contributed by atoms with van der Waals surface area (Å²) in [6.45, 7) is 10.4. The third-order valence-corrected chi connectivity index (χ3v) is 18.6. The summed E-state index contributed by atoms with van der Waals surface area (Å²) in [5.41, 5.74) is 4.50. The number of fused-ring (bicyclic) bond motifs is 8. The molecule has 4 amide bonds. The fraction of sp³-hybridized carbons (Fsp3) is 0.151. The largest absolute Gasteiger partial charge is 0.481 e. The van der Waals surface area contributed by atoms with Gasteiger partial charge >= 0.3 is 0 Å². The number of carbonyl (C=O) groups is 5. The van der Waals surface area contributed by atoms with Gasteiger partial charge < -0.3 is 44.6 Å². The van der Waals surface area contributed by atoms with Crippen molar-refractivity contribution in [3.8, 4) is 0 Å². The number of hydrogen-bond donors (Lipinski definition) is 9. The topological polar surface area (TPSA) is 406 Å². The number of amides is 4. The number of rotatable bonds is 16. The molecule has 0 unspecified atom stereocenters. The van der Waals surface area contributed by atoms with E-state index in [9.17, 15) is 55.9 Å². The van der Waals surface area contributed by atoms with Gasteiger partial charge in [0.25, 0.3) is 51.8 Å². The maximum atomic E-state index is 13.3. The Morgan fingerprint density at radius 1 is 0.325 bits per heavy atom. The van der Waals surface area contributed by atoms with E-state index in [2.05, 4.69) is 41.2 Å². The van der Waals surface area contributed by atoms with Crippen molar-refractivity contribution in [3.63, 3.8) is 0 Å². The molecule has 9 N–H and O–H groups in total. The Bertz CT molecular complexity index is 6400. The highest BCUT2D eigenvalue weighted by atomic mass is 19.1. The third-order valence-electron chi connectivity index (χ3n) is 18.6. The molecule has 0 radical (unpaired) electrons. The highest BCUT2D eigenvalue weighted by Crippen LogP contribution is 2.20. The van der Waals surface area contributed by atoms with Crippen LogP contribution in [0.25, 0.3) is 66.7 Å². The van der Waals surface area contributed by atoms with E-state index >= 15 is 0 Å². The van der Waals surface area contributed by atoms with Crippen LogP contribution in [0.15, 0.2) is 238 Å². The van der Waals surface area contributed by atoms with E-state index in [0.717, 1.165) is 6.92 Å². The molecule has 120 heavy (non-hydrogen) atoms. The summed E-state index contributed by atoms with van der Waals surface area (Å²) in [4.78, 5) is 129. The Kier molecular flexibility index (Phi) is 25.7. The van der Waals surface area contributed by atoms with Crippen molar-refractivity contribution in [3.05, 3.63) is 350 Å². The van der Waals surface area contributed by atoms with Crippen LogP contribution < -0.4 is 65.5 Å². The lowest BCUT2D eigenvalue weighted by atomic mass is 10.1. The Hall–Kier alpha value is -15.8. The van der Waals surface area contributed by atoms with E-state index in [0.29, 0.717) is 93.6 Å². The maximum absolute atomic E-state index is 13.3. The Balaban J connectivity index is 0.000000144. The molecule has 0 saturated carbocycles. The first-order valence-corrected chi connectivity index (χ1v) is 37.4. The van der Waals surface area contributed by atoms with Crippen molar-refractivity contribution < 1.29 is 46.6 Å². The lowest BCUT2D eigenvalue weighted by Crippen LogP contribution is -2.35. The molecule has 12 aromatic heterocycles. The molecule has 0 bridgehead atoms. The molecule has 0 aliphatic heterocycles. The Morgan fingerprint density at radius 3 is 0.683 bits per heavy atom. The molecule has 0 fully saturated rings. The molecular formula is C86H76F4N20O10. The van der Waals surface area contributed by atoms with Crippen LogP contribution in [0.1, 0.15) is 98.3 Å². The van der Waals surface area contributed by atoms with Gasteiger partial charge in [-0.1, -0.05) is 72.8 Å². The van der Waals surface area contributed by atoms with Crippen molar-refractivity contribution >= 4 is 96.3 Å². The number of nitrogens with zero attached hydrogens (tertiary/aromatic N) is 12. The minimum absolute atomic E-state index is 0.0695. The zero-order chi connectivity index (χ0) is 85.8. The van der Waals surface area contributed by atoms with Crippen LogP contribution in [-0.2, 0) is 31.0 Å².